The van der Waals surface area contributed by atoms with Gasteiger partial charge in [-0.2, -0.15) is 0 Å². The third-order valence-corrected chi connectivity index (χ3v) is 3.93. The molecule has 7 atom stereocenters. The predicted molar refractivity (Wildman–Crippen MR) is 70.8 cm³/mol. The van der Waals surface area contributed by atoms with Crippen molar-refractivity contribution in [2.45, 2.75) is 42.6 Å². The first-order valence-electron chi connectivity index (χ1n) is 6.02. The van der Waals surface area contributed by atoms with Gasteiger partial charge in [0.25, 0.3) is 0 Å². The molecule has 0 aliphatic carbocycles. The number of aliphatic hydroxyl groups is 5. The Labute approximate surface area is 123 Å². The summed E-state index contributed by atoms with van der Waals surface area (Å²) in [4.78, 5) is 10.8. The first-order valence-corrected chi connectivity index (χ1v) is 7.19. The van der Waals surface area contributed by atoms with E-state index in [0.29, 0.717) is 0 Å². The number of nitrogens with one attached hydrogen (secondary N) is 1. The minimum atomic E-state index is -2.64. The fourth-order valence-corrected chi connectivity index (χ4v) is 2.19. The van der Waals surface area contributed by atoms with Crippen molar-refractivity contribution in [2.24, 2.45) is 0 Å². The topological polar surface area (TPSA) is 188 Å². The van der Waals surface area contributed by atoms with Crippen LogP contribution in [0.1, 0.15) is 6.92 Å². The van der Waals surface area contributed by atoms with E-state index in [-0.39, 0.29) is 0 Å². The minimum absolute atomic E-state index is 0.404. The number of hydrogen-bond donors (Lipinski definition) is 8. The Morgan fingerprint density at radius 1 is 1.14 bits per heavy atom. The Hall–Kier alpha value is -0.660. The number of rotatable bonds is 10. The molecule has 21 heavy (non-hydrogen) atoms. The van der Waals surface area contributed by atoms with E-state index in [1.54, 1.807) is 0 Å². The second kappa shape index (κ2) is 9.38. The zero-order valence-electron chi connectivity index (χ0n) is 11.2. The van der Waals surface area contributed by atoms with Gasteiger partial charge in [0.15, 0.2) is 16.3 Å². The average Bonchev–Trinajstić information content (AvgIpc) is 2.41. The highest BCUT2D eigenvalue weighted by Crippen LogP contribution is 2.06. The molecule has 0 aromatic heterocycles. The van der Waals surface area contributed by atoms with Crippen LogP contribution < -0.4 is 5.32 Å². The van der Waals surface area contributed by atoms with E-state index in [9.17, 15) is 24.3 Å². The Morgan fingerprint density at radius 2 is 1.62 bits per heavy atom. The number of carboxylic acid groups (broad SMARTS) is 1. The number of carboxylic acids is 1. The zero-order chi connectivity index (χ0) is 16.7. The molecule has 7 unspecified atom stereocenters. The summed E-state index contributed by atoms with van der Waals surface area (Å²) in [7, 11) is 0. The molecule has 0 aliphatic heterocycles. The molecule has 0 radical (unpaired) electrons. The van der Waals surface area contributed by atoms with Crippen LogP contribution in [0.5, 0.6) is 0 Å². The molecule has 0 amide bonds. The normalized spacial score (nSPS) is 21.9. The van der Waals surface area contributed by atoms with Gasteiger partial charge in [0.1, 0.15) is 18.3 Å². The van der Waals surface area contributed by atoms with Crippen molar-refractivity contribution in [1.82, 2.24) is 5.32 Å². The summed E-state index contributed by atoms with van der Waals surface area (Å²) < 4.78 is 19.7. The van der Waals surface area contributed by atoms with Crippen LogP contribution in [0, 0.1) is 0 Å². The third kappa shape index (κ3) is 6.32. The van der Waals surface area contributed by atoms with Gasteiger partial charge in [0, 0.05) is 12.6 Å². The van der Waals surface area contributed by atoms with Gasteiger partial charge in [-0.15, -0.1) is 0 Å². The second-order valence-electron chi connectivity index (χ2n) is 4.53. The number of aliphatic hydroxyl groups excluding tert-OH is 5. The van der Waals surface area contributed by atoms with Crippen LogP contribution in [0.3, 0.4) is 0 Å². The molecule has 0 saturated heterocycles. The summed E-state index contributed by atoms with van der Waals surface area (Å²) in [5, 5.41) is 55.8. The van der Waals surface area contributed by atoms with Crippen LogP contribution >= 0.6 is 0 Å². The molecule has 0 bridgehead atoms. The predicted octanol–water partition coefficient (Wildman–Crippen LogP) is -3.92. The average molecular weight is 331 g/mol. The second-order valence-corrected chi connectivity index (χ2v) is 5.59. The van der Waals surface area contributed by atoms with Crippen molar-refractivity contribution in [3.63, 3.8) is 0 Å². The summed E-state index contributed by atoms with van der Waals surface area (Å²) >= 11 is -2.64. The highest BCUT2D eigenvalue weighted by Gasteiger charge is 2.33. The number of hydrogen-bond acceptors (Lipinski definition) is 8. The van der Waals surface area contributed by atoms with Crippen LogP contribution in [-0.4, -0.2) is 94.2 Å². The summed E-state index contributed by atoms with van der Waals surface area (Å²) in [5.41, 5.74) is 0. The van der Waals surface area contributed by atoms with Crippen molar-refractivity contribution in [1.29, 1.82) is 0 Å². The Balaban J connectivity index is 4.50. The molecule has 0 saturated carbocycles. The van der Waals surface area contributed by atoms with Crippen molar-refractivity contribution >= 4 is 17.0 Å². The molecule has 10 nitrogen and oxygen atoms in total. The molecule has 0 spiro atoms. The Morgan fingerprint density at radius 3 is 2.00 bits per heavy atom. The monoisotopic (exact) mass is 331 g/mol. The third-order valence-electron chi connectivity index (χ3n) is 2.89. The van der Waals surface area contributed by atoms with E-state index in [0.717, 1.165) is 0 Å². The van der Waals surface area contributed by atoms with Gasteiger partial charge in [0.2, 0.25) is 0 Å². The van der Waals surface area contributed by atoms with E-state index in [4.69, 9.17) is 19.9 Å². The van der Waals surface area contributed by atoms with E-state index >= 15 is 0 Å². The lowest BCUT2D eigenvalue weighted by Crippen LogP contribution is -2.52. The summed E-state index contributed by atoms with van der Waals surface area (Å²) in [5.74, 6) is -1.51. The van der Waals surface area contributed by atoms with E-state index in [2.05, 4.69) is 5.32 Å². The summed E-state index contributed by atoms with van der Waals surface area (Å²) in [6, 6.07) is -1.00. The van der Waals surface area contributed by atoms with Crippen molar-refractivity contribution in [3.05, 3.63) is 0 Å². The van der Waals surface area contributed by atoms with Crippen LogP contribution in [0.25, 0.3) is 0 Å². The first-order chi connectivity index (χ1) is 9.63. The molecule has 0 aliphatic rings. The molecule has 11 heteroatoms. The molecule has 0 aromatic carbocycles. The smallest absolute Gasteiger partial charge is 0.323 e. The lowest BCUT2D eigenvalue weighted by Gasteiger charge is -2.27. The van der Waals surface area contributed by atoms with Crippen LogP contribution in [0.4, 0.5) is 0 Å². The largest absolute Gasteiger partial charge is 0.480 e. The van der Waals surface area contributed by atoms with Crippen LogP contribution in [0.15, 0.2) is 0 Å². The maximum Gasteiger partial charge on any atom is 0.323 e. The molecular formula is C10H21NO9S. The van der Waals surface area contributed by atoms with Gasteiger partial charge in [-0.3, -0.25) is 4.79 Å². The SMILES string of the molecule is CC(NCC(O)C(O)C(O)C(O)CO)C(C(=O)O)S(=O)O. The fraction of sp³-hybridized carbons (Fsp3) is 0.900. The standard InChI is InChI=1S/C10H21NO9S/c1-4(9(10(17)18)21(19)20)11-2-5(13)7(15)8(16)6(14)3-12/h4-9,11-16H,2-3H2,1H3,(H,17,18)(H,19,20). The summed E-state index contributed by atoms with van der Waals surface area (Å²) in [6.07, 6.45) is -6.84. The molecule has 0 aromatic rings. The molecule has 0 rings (SSSR count). The minimum Gasteiger partial charge on any atom is -0.480 e. The maximum absolute atomic E-state index is 10.9. The van der Waals surface area contributed by atoms with Crippen molar-refractivity contribution in [2.75, 3.05) is 13.2 Å². The molecule has 0 fully saturated rings. The van der Waals surface area contributed by atoms with Gasteiger partial charge in [0.05, 0.1) is 12.7 Å². The fourth-order valence-electron chi connectivity index (χ4n) is 1.57. The molecule has 0 heterocycles. The van der Waals surface area contributed by atoms with Gasteiger partial charge >= 0.3 is 5.97 Å². The Bertz CT molecular complexity index is 341. The van der Waals surface area contributed by atoms with E-state index in [1.807, 2.05) is 0 Å². The van der Waals surface area contributed by atoms with Gasteiger partial charge in [-0.05, 0) is 6.92 Å². The van der Waals surface area contributed by atoms with E-state index in [1.165, 1.54) is 6.92 Å². The van der Waals surface area contributed by atoms with Gasteiger partial charge < -0.3 is 40.5 Å². The number of aliphatic carboxylic acids is 1. The van der Waals surface area contributed by atoms with Crippen LogP contribution in [-0.2, 0) is 15.9 Å². The molecule has 8 N–H and O–H groups in total. The van der Waals surface area contributed by atoms with Gasteiger partial charge in [-0.1, -0.05) is 0 Å². The Kier molecular flexibility index (Phi) is 9.08. The summed E-state index contributed by atoms with van der Waals surface area (Å²) in [6.45, 7) is 0.0723. The number of carbonyl (C=O) groups is 1. The van der Waals surface area contributed by atoms with Crippen molar-refractivity contribution < 1.29 is 44.2 Å². The van der Waals surface area contributed by atoms with Crippen LogP contribution in [0.2, 0.25) is 0 Å². The maximum atomic E-state index is 10.9. The molecule has 126 valence electrons. The first kappa shape index (κ1) is 20.3. The quantitative estimate of drug-likeness (QED) is 0.184. The van der Waals surface area contributed by atoms with E-state index < -0.39 is 65.9 Å². The van der Waals surface area contributed by atoms with Crippen molar-refractivity contribution in [3.8, 4) is 0 Å². The highest BCUT2D eigenvalue weighted by atomic mass is 32.2. The molecular weight excluding hydrogens is 310 g/mol. The highest BCUT2D eigenvalue weighted by molar-refractivity contribution is 7.80. The zero-order valence-corrected chi connectivity index (χ0v) is 12.1. The lowest BCUT2D eigenvalue weighted by molar-refractivity contribution is -0.137. The van der Waals surface area contributed by atoms with Gasteiger partial charge in [-0.25, -0.2) is 4.21 Å². The lowest BCUT2D eigenvalue weighted by atomic mass is 10.0.